The Kier molecular flexibility index (Phi) is 2.45. The highest BCUT2D eigenvalue weighted by Gasteiger charge is 2.05. The Bertz CT molecular complexity index is 76.4. The Morgan fingerprint density at radius 2 is 1.67 bits per heavy atom. The molecule has 9 heavy (non-hydrogen) atoms. The van der Waals surface area contributed by atoms with Crippen LogP contribution in [0.15, 0.2) is 0 Å². The molecule has 0 unspecified atom stereocenters. The summed E-state index contributed by atoms with van der Waals surface area (Å²) in [5, 5.41) is 2.11. The van der Waals surface area contributed by atoms with Crippen LogP contribution in [0.25, 0.3) is 5.43 Å². The van der Waals surface area contributed by atoms with E-state index in [1.807, 2.05) is 7.05 Å². The second kappa shape index (κ2) is 3.15. The molecular formula is C6H14N3-. The van der Waals surface area contributed by atoms with E-state index in [1.165, 1.54) is 0 Å². The van der Waals surface area contributed by atoms with E-state index in [0.29, 0.717) is 0 Å². The first-order valence-corrected chi connectivity index (χ1v) is 3.36. The van der Waals surface area contributed by atoms with Crippen LogP contribution in [0.5, 0.6) is 0 Å². The van der Waals surface area contributed by atoms with Gasteiger partial charge in [0.2, 0.25) is 0 Å². The van der Waals surface area contributed by atoms with Crippen LogP contribution < -0.4 is 0 Å². The van der Waals surface area contributed by atoms with E-state index in [1.54, 1.807) is 0 Å². The van der Waals surface area contributed by atoms with E-state index in [0.717, 1.165) is 26.2 Å². The molecule has 1 rings (SSSR count). The predicted octanol–water partition coefficient (Wildman–Crippen LogP) is 0.152. The first-order chi connectivity index (χ1) is 4.33. The topological polar surface area (TPSA) is 20.6 Å². The van der Waals surface area contributed by atoms with Crippen LogP contribution in [-0.2, 0) is 0 Å². The number of hydrogen-bond acceptors (Lipinski definition) is 2. The third-order valence-electron chi connectivity index (χ3n) is 1.76. The van der Waals surface area contributed by atoms with Gasteiger partial charge in [0.1, 0.15) is 0 Å². The van der Waals surface area contributed by atoms with Crippen LogP contribution in [0, 0.1) is 0 Å². The van der Waals surface area contributed by atoms with E-state index in [9.17, 15) is 0 Å². The molecule has 0 aliphatic carbocycles. The number of piperazine rings is 1. The van der Waals surface area contributed by atoms with Crippen molar-refractivity contribution in [1.29, 1.82) is 0 Å². The van der Waals surface area contributed by atoms with E-state index < -0.39 is 0 Å². The molecule has 1 aliphatic heterocycles. The summed E-state index contributed by atoms with van der Waals surface area (Å²) in [6.45, 7) is 4.48. The minimum Gasteiger partial charge on any atom is -0.597 e. The molecule has 0 radical (unpaired) electrons. The number of likely N-dealkylation sites (N-methyl/N-ethyl adjacent to an activating group) is 1. The second-order valence-corrected chi connectivity index (χ2v) is 2.46. The summed E-state index contributed by atoms with van der Waals surface area (Å²) in [5.41, 5.74) is 4.09. The quantitative estimate of drug-likeness (QED) is 0.501. The Hall–Kier alpha value is -0.120. The maximum Gasteiger partial charge on any atom is 0.00925 e. The summed E-state index contributed by atoms with van der Waals surface area (Å²) >= 11 is 0. The lowest BCUT2D eigenvalue weighted by Gasteiger charge is -2.40. The third kappa shape index (κ3) is 1.93. The fraction of sp³-hybridized carbons (Fsp3) is 1.00. The highest BCUT2D eigenvalue weighted by molar-refractivity contribution is 4.75. The van der Waals surface area contributed by atoms with Crippen LogP contribution in [-0.4, -0.2) is 50.2 Å². The highest BCUT2D eigenvalue weighted by Crippen LogP contribution is 2.00. The molecule has 1 aliphatic rings. The predicted molar refractivity (Wildman–Crippen MR) is 38.4 cm³/mol. The molecule has 0 amide bonds. The molecule has 0 saturated carbocycles. The van der Waals surface area contributed by atoms with Crippen molar-refractivity contribution in [3.63, 3.8) is 0 Å². The fourth-order valence-electron chi connectivity index (χ4n) is 0.996. The van der Waals surface area contributed by atoms with Gasteiger partial charge in [-0.05, 0) is 20.1 Å². The first kappa shape index (κ1) is 6.99. The smallest absolute Gasteiger partial charge is 0.00925 e. The van der Waals surface area contributed by atoms with E-state index >= 15 is 0 Å². The van der Waals surface area contributed by atoms with Gasteiger partial charge >= 0.3 is 0 Å². The summed E-state index contributed by atoms with van der Waals surface area (Å²) in [5.74, 6) is 0. The molecule has 1 saturated heterocycles. The van der Waals surface area contributed by atoms with Crippen molar-refractivity contribution in [1.82, 2.24) is 9.91 Å². The molecule has 1 heterocycles. The van der Waals surface area contributed by atoms with Gasteiger partial charge in [-0.15, -0.1) is 0 Å². The van der Waals surface area contributed by atoms with Gasteiger partial charge in [-0.3, -0.25) is 0 Å². The summed E-state index contributed by atoms with van der Waals surface area (Å²) in [6, 6.07) is 0. The zero-order valence-corrected chi connectivity index (χ0v) is 6.17. The first-order valence-electron chi connectivity index (χ1n) is 3.36. The van der Waals surface area contributed by atoms with Gasteiger partial charge in [0, 0.05) is 13.1 Å². The zero-order valence-electron chi connectivity index (χ0n) is 6.17. The van der Waals surface area contributed by atoms with E-state index in [4.69, 9.17) is 0 Å². The lowest BCUT2D eigenvalue weighted by Crippen LogP contribution is -2.41. The largest absolute Gasteiger partial charge is 0.597 e. The van der Waals surface area contributed by atoms with E-state index in [-0.39, 0.29) is 0 Å². The normalized spacial score (nSPS) is 24.7. The second-order valence-electron chi connectivity index (χ2n) is 2.46. The molecule has 0 spiro atoms. The van der Waals surface area contributed by atoms with Crippen LogP contribution in [0.1, 0.15) is 0 Å². The van der Waals surface area contributed by atoms with Crippen molar-refractivity contribution in [3.8, 4) is 0 Å². The highest BCUT2D eigenvalue weighted by atomic mass is 15.5. The maximum atomic E-state index is 4.09. The molecule has 0 aromatic heterocycles. The molecule has 0 aromatic rings. The molecule has 0 bridgehead atoms. The average Bonchev–Trinajstić information content (AvgIpc) is 1.90. The molecule has 54 valence electrons. The van der Waals surface area contributed by atoms with E-state index in [2.05, 4.69) is 22.4 Å². The van der Waals surface area contributed by atoms with Gasteiger partial charge in [-0.2, -0.15) is 7.05 Å². The molecule has 3 heteroatoms. The van der Waals surface area contributed by atoms with Crippen molar-refractivity contribution in [2.24, 2.45) is 0 Å². The molecule has 3 nitrogen and oxygen atoms in total. The fourth-order valence-corrected chi connectivity index (χ4v) is 0.996. The average molecular weight is 128 g/mol. The van der Waals surface area contributed by atoms with Gasteiger partial charge in [0.25, 0.3) is 0 Å². The van der Waals surface area contributed by atoms with Gasteiger partial charge < -0.3 is 15.3 Å². The standard InChI is InChI=1S/C6H14N3/c1-7-9-5-3-8(2)4-6-9/h3-6H2,1-2H3/q-1. The zero-order chi connectivity index (χ0) is 6.69. The minimum absolute atomic E-state index is 1.09. The Labute approximate surface area is 56.6 Å². The van der Waals surface area contributed by atoms with Gasteiger partial charge in [0.05, 0.1) is 0 Å². The van der Waals surface area contributed by atoms with Gasteiger partial charge in [-0.25, -0.2) is 0 Å². The van der Waals surface area contributed by atoms with Crippen molar-refractivity contribution in [3.05, 3.63) is 5.43 Å². The SMILES string of the molecule is C[N-]N1CCN(C)CC1. The van der Waals surface area contributed by atoms with Crippen LogP contribution >= 0.6 is 0 Å². The minimum atomic E-state index is 1.09. The number of rotatable bonds is 1. The lowest BCUT2D eigenvalue weighted by molar-refractivity contribution is 0.188. The summed E-state index contributed by atoms with van der Waals surface area (Å²) in [6.07, 6.45) is 0. The third-order valence-corrected chi connectivity index (χ3v) is 1.76. The molecule has 0 N–H and O–H groups in total. The number of nitrogens with zero attached hydrogens (tertiary/aromatic N) is 3. The summed E-state index contributed by atoms with van der Waals surface area (Å²) in [4.78, 5) is 2.32. The van der Waals surface area contributed by atoms with Gasteiger partial charge in [-0.1, -0.05) is 0 Å². The van der Waals surface area contributed by atoms with Crippen molar-refractivity contribution < 1.29 is 0 Å². The monoisotopic (exact) mass is 128 g/mol. The molecule has 0 aromatic carbocycles. The molecule has 0 atom stereocenters. The van der Waals surface area contributed by atoms with Crippen LogP contribution in [0.3, 0.4) is 0 Å². The summed E-state index contributed by atoms with van der Waals surface area (Å²) in [7, 11) is 4.00. The number of hydrogen-bond donors (Lipinski definition) is 0. The molecular weight excluding hydrogens is 114 g/mol. The van der Waals surface area contributed by atoms with Crippen molar-refractivity contribution in [2.75, 3.05) is 40.3 Å². The van der Waals surface area contributed by atoms with Gasteiger partial charge in [0.15, 0.2) is 0 Å². The molecule has 1 fully saturated rings. The van der Waals surface area contributed by atoms with Crippen molar-refractivity contribution in [2.45, 2.75) is 0 Å². The van der Waals surface area contributed by atoms with Crippen molar-refractivity contribution >= 4 is 0 Å². The maximum absolute atomic E-state index is 4.09. The van der Waals surface area contributed by atoms with Crippen LogP contribution in [0.2, 0.25) is 0 Å². The Balaban J connectivity index is 2.18. The van der Waals surface area contributed by atoms with Crippen LogP contribution in [0.4, 0.5) is 0 Å². The Morgan fingerprint density at radius 1 is 1.11 bits per heavy atom. The summed E-state index contributed by atoms with van der Waals surface area (Å²) < 4.78 is 0. The Morgan fingerprint density at radius 3 is 2.11 bits per heavy atom. The lowest BCUT2D eigenvalue weighted by atomic mass is 10.4.